The Balaban J connectivity index is 1.80. The molecule has 0 radical (unpaired) electrons. The minimum Gasteiger partial charge on any atom is -0.312 e. The Morgan fingerprint density at radius 3 is 2.95 bits per heavy atom. The third-order valence-corrected chi connectivity index (χ3v) is 4.90. The van der Waals surface area contributed by atoms with Crippen molar-refractivity contribution in [2.24, 2.45) is 5.92 Å². The molecule has 0 aliphatic carbocycles. The number of hydrogen-bond acceptors (Lipinski definition) is 4. The number of aryl methyl sites for hydroxylation is 1. The van der Waals surface area contributed by atoms with Crippen molar-refractivity contribution in [2.45, 2.75) is 20.3 Å². The van der Waals surface area contributed by atoms with Gasteiger partial charge in [-0.15, -0.1) is 0 Å². The molecule has 0 bridgehead atoms. The molecule has 1 aliphatic rings. The molecule has 1 aromatic carbocycles. The quantitative estimate of drug-likeness (QED) is 0.873. The highest BCUT2D eigenvalue weighted by molar-refractivity contribution is 8.13. The van der Waals surface area contributed by atoms with Gasteiger partial charge < -0.3 is 4.90 Å². The minimum absolute atomic E-state index is 0.109. The van der Waals surface area contributed by atoms with Gasteiger partial charge in [-0.05, 0) is 37.1 Å². The van der Waals surface area contributed by atoms with E-state index in [4.69, 9.17) is 0 Å². The smallest absolute Gasteiger partial charge is 0.227 e. The first-order valence-electron chi connectivity index (χ1n) is 7.34. The molecule has 1 atom stereocenters. The summed E-state index contributed by atoms with van der Waals surface area (Å²) in [7, 11) is 0. The van der Waals surface area contributed by atoms with Crippen LogP contribution in [0, 0.1) is 12.8 Å². The summed E-state index contributed by atoms with van der Waals surface area (Å²) < 4.78 is 0. The van der Waals surface area contributed by atoms with Crippen LogP contribution in [0.2, 0.25) is 0 Å². The molecule has 1 saturated heterocycles. The summed E-state index contributed by atoms with van der Waals surface area (Å²) in [6.45, 7) is 4.22. The van der Waals surface area contributed by atoms with Crippen molar-refractivity contribution in [1.29, 1.82) is 0 Å². The van der Waals surface area contributed by atoms with E-state index in [0.717, 1.165) is 22.3 Å². The molecule has 3 rings (SSSR count). The first-order valence-corrected chi connectivity index (χ1v) is 8.32. The number of aromatic nitrogens is 1. The van der Waals surface area contributed by atoms with Gasteiger partial charge in [0.2, 0.25) is 5.91 Å². The Kier molecular flexibility index (Phi) is 4.16. The zero-order valence-electron chi connectivity index (χ0n) is 12.7. The lowest BCUT2D eigenvalue weighted by atomic mass is 10.1. The van der Waals surface area contributed by atoms with Gasteiger partial charge in [0.1, 0.15) is 0 Å². The number of nitrogens with zero attached hydrogens (tertiary/aromatic N) is 2. The molecule has 5 heteroatoms. The van der Waals surface area contributed by atoms with Crippen LogP contribution in [0.25, 0.3) is 10.9 Å². The summed E-state index contributed by atoms with van der Waals surface area (Å²) in [6.07, 6.45) is 0.518. The lowest BCUT2D eigenvalue weighted by molar-refractivity contribution is -0.117. The molecule has 114 valence electrons. The molecule has 1 unspecified atom stereocenters. The molecule has 0 saturated carbocycles. The average molecular weight is 314 g/mol. The Hall–Kier alpha value is -1.88. The maximum atomic E-state index is 12.2. The number of amides is 1. The van der Waals surface area contributed by atoms with Gasteiger partial charge in [-0.25, -0.2) is 0 Å². The van der Waals surface area contributed by atoms with Crippen LogP contribution in [-0.4, -0.2) is 28.3 Å². The topological polar surface area (TPSA) is 50.3 Å². The van der Waals surface area contributed by atoms with Crippen molar-refractivity contribution in [1.82, 2.24) is 4.98 Å². The molecule has 2 heterocycles. The van der Waals surface area contributed by atoms with Gasteiger partial charge in [-0.1, -0.05) is 17.8 Å². The highest BCUT2D eigenvalue weighted by Gasteiger charge is 2.30. The van der Waals surface area contributed by atoms with Crippen molar-refractivity contribution in [3.63, 3.8) is 0 Å². The van der Waals surface area contributed by atoms with Crippen LogP contribution in [0.3, 0.4) is 0 Å². The zero-order valence-corrected chi connectivity index (χ0v) is 13.5. The van der Waals surface area contributed by atoms with Crippen LogP contribution in [0.4, 0.5) is 5.69 Å². The maximum Gasteiger partial charge on any atom is 0.227 e. The van der Waals surface area contributed by atoms with E-state index in [1.54, 1.807) is 6.92 Å². The predicted octanol–water partition coefficient (Wildman–Crippen LogP) is 3.18. The lowest BCUT2D eigenvalue weighted by Gasteiger charge is -2.17. The number of fused-ring (bicyclic) bond motifs is 1. The van der Waals surface area contributed by atoms with E-state index in [1.165, 1.54) is 11.8 Å². The Labute approximate surface area is 133 Å². The van der Waals surface area contributed by atoms with Crippen molar-refractivity contribution < 1.29 is 9.59 Å². The van der Waals surface area contributed by atoms with E-state index in [2.05, 4.69) is 4.98 Å². The maximum absolute atomic E-state index is 12.2. The largest absolute Gasteiger partial charge is 0.312 e. The van der Waals surface area contributed by atoms with Gasteiger partial charge in [0, 0.05) is 42.4 Å². The molecular formula is C17H18N2O2S. The third kappa shape index (κ3) is 3.14. The number of hydrogen-bond donors (Lipinski definition) is 0. The SMILES string of the molecule is CC(=O)SCC1CC(=O)N(c2ccc3nc(C)ccc3c2)C1. The van der Waals surface area contributed by atoms with Gasteiger partial charge in [0.05, 0.1) is 5.52 Å². The number of rotatable bonds is 3. The Morgan fingerprint density at radius 2 is 2.18 bits per heavy atom. The molecule has 0 N–H and O–H groups in total. The van der Waals surface area contributed by atoms with E-state index in [1.807, 2.05) is 42.2 Å². The summed E-state index contributed by atoms with van der Waals surface area (Å²) in [5.74, 6) is 1.09. The number of carbonyl (C=O) groups is 2. The highest BCUT2D eigenvalue weighted by atomic mass is 32.2. The second-order valence-electron chi connectivity index (χ2n) is 5.71. The first kappa shape index (κ1) is 15.0. The summed E-state index contributed by atoms with van der Waals surface area (Å²) in [4.78, 5) is 29.6. The molecule has 22 heavy (non-hydrogen) atoms. The van der Waals surface area contributed by atoms with Crippen LogP contribution in [-0.2, 0) is 9.59 Å². The van der Waals surface area contributed by atoms with Gasteiger partial charge in [-0.3, -0.25) is 14.6 Å². The van der Waals surface area contributed by atoms with Gasteiger partial charge >= 0.3 is 0 Å². The van der Waals surface area contributed by atoms with Crippen LogP contribution in [0.1, 0.15) is 19.0 Å². The fourth-order valence-electron chi connectivity index (χ4n) is 2.76. The second kappa shape index (κ2) is 6.08. The zero-order chi connectivity index (χ0) is 15.7. The molecule has 0 spiro atoms. The Morgan fingerprint density at radius 1 is 1.36 bits per heavy atom. The van der Waals surface area contributed by atoms with Gasteiger partial charge in [0.15, 0.2) is 5.12 Å². The number of thioether (sulfide) groups is 1. The van der Waals surface area contributed by atoms with Gasteiger partial charge in [-0.2, -0.15) is 0 Å². The van der Waals surface area contributed by atoms with E-state index in [0.29, 0.717) is 18.7 Å². The fraction of sp³-hybridized carbons (Fsp3) is 0.353. The minimum atomic E-state index is 0.109. The van der Waals surface area contributed by atoms with Crippen molar-refractivity contribution in [3.05, 3.63) is 36.0 Å². The summed E-state index contributed by atoms with van der Waals surface area (Å²) in [6, 6.07) is 9.94. The first-order chi connectivity index (χ1) is 10.5. The van der Waals surface area contributed by atoms with Gasteiger partial charge in [0.25, 0.3) is 0 Å². The molecule has 2 aromatic rings. The van der Waals surface area contributed by atoms with Crippen molar-refractivity contribution in [2.75, 3.05) is 17.2 Å². The normalized spacial score (nSPS) is 18.2. The van der Waals surface area contributed by atoms with E-state index < -0.39 is 0 Å². The van der Waals surface area contributed by atoms with Crippen molar-refractivity contribution in [3.8, 4) is 0 Å². The van der Waals surface area contributed by atoms with E-state index >= 15 is 0 Å². The number of benzene rings is 1. The molecule has 1 fully saturated rings. The lowest BCUT2D eigenvalue weighted by Crippen LogP contribution is -2.24. The standard InChI is InChI=1S/C17H18N2O2S/c1-11-3-4-14-8-15(5-6-16(14)18-11)19-9-13(7-17(19)21)10-22-12(2)20/h3-6,8,13H,7,9-10H2,1-2H3. The Bertz CT molecular complexity index is 745. The van der Waals surface area contributed by atoms with Crippen LogP contribution in [0.15, 0.2) is 30.3 Å². The highest BCUT2D eigenvalue weighted by Crippen LogP contribution is 2.29. The second-order valence-corrected chi connectivity index (χ2v) is 6.90. The molecular weight excluding hydrogens is 296 g/mol. The van der Waals surface area contributed by atoms with Crippen LogP contribution >= 0.6 is 11.8 Å². The van der Waals surface area contributed by atoms with Crippen LogP contribution in [0.5, 0.6) is 0 Å². The molecule has 1 amide bonds. The fourth-order valence-corrected chi connectivity index (χ4v) is 3.45. The number of pyridine rings is 1. The number of carbonyl (C=O) groups excluding carboxylic acids is 2. The third-order valence-electron chi connectivity index (χ3n) is 3.85. The monoisotopic (exact) mass is 314 g/mol. The van der Waals surface area contributed by atoms with Crippen LogP contribution < -0.4 is 4.90 Å². The van der Waals surface area contributed by atoms with Crippen molar-refractivity contribution >= 4 is 39.4 Å². The number of anilines is 1. The van der Waals surface area contributed by atoms with E-state index in [-0.39, 0.29) is 16.9 Å². The molecule has 1 aliphatic heterocycles. The summed E-state index contributed by atoms with van der Waals surface area (Å²) >= 11 is 1.30. The predicted molar refractivity (Wildman–Crippen MR) is 90.1 cm³/mol. The summed E-state index contributed by atoms with van der Waals surface area (Å²) in [5, 5.41) is 1.15. The van der Waals surface area contributed by atoms with E-state index in [9.17, 15) is 9.59 Å². The average Bonchev–Trinajstić information content (AvgIpc) is 2.85. The molecule has 1 aromatic heterocycles. The summed E-state index contributed by atoms with van der Waals surface area (Å²) in [5.41, 5.74) is 2.84. The molecule has 4 nitrogen and oxygen atoms in total.